The summed E-state index contributed by atoms with van der Waals surface area (Å²) in [5.41, 5.74) is 0.555. The molecule has 2 heterocycles. The number of benzene rings is 1. The standard InChI is InChI=1S/C14H11NO6/c16-12(15-5-6-19-14(15)18)8-20-13(17)11-7-9-3-1-2-4-10(9)21-11/h1-4,7H,5-6,8H2. The van der Waals surface area contributed by atoms with Gasteiger partial charge in [0, 0.05) is 5.39 Å². The first kappa shape index (κ1) is 13.2. The number of carbonyl (C=O) groups is 3. The number of hydrogen-bond acceptors (Lipinski definition) is 6. The van der Waals surface area contributed by atoms with Gasteiger partial charge in [-0.15, -0.1) is 0 Å². The molecule has 2 aromatic rings. The molecule has 0 radical (unpaired) electrons. The number of nitrogens with zero attached hydrogens (tertiary/aromatic N) is 1. The van der Waals surface area contributed by atoms with Crippen molar-refractivity contribution in [2.45, 2.75) is 0 Å². The summed E-state index contributed by atoms with van der Waals surface area (Å²) in [5.74, 6) is -1.37. The molecular weight excluding hydrogens is 278 g/mol. The molecule has 21 heavy (non-hydrogen) atoms. The van der Waals surface area contributed by atoms with E-state index in [0.29, 0.717) is 5.58 Å². The van der Waals surface area contributed by atoms with Gasteiger partial charge in [0.2, 0.25) is 5.76 Å². The normalized spacial score (nSPS) is 14.3. The minimum Gasteiger partial charge on any atom is -0.450 e. The lowest BCUT2D eigenvalue weighted by molar-refractivity contribution is -0.131. The van der Waals surface area contributed by atoms with Crippen LogP contribution in [0.2, 0.25) is 0 Å². The quantitative estimate of drug-likeness (QED) is 0.797. The Morgan fingerprint density at radius 1 is 1.29 bits per heavy atom. The number of esters is 1. The second-order valence-electron chi connectivity index (χ2n) is 4.38. The van der Waals surface area contributed by atoms with Crippen LogP contribution in [0.5, 0.6) is 0 Å². The third kappa shape index (κ3) is 2.58. The number of ether oxygens (including phenoxy) is 2. The number of amides is 2. The van der Waals surface area contributed by atoms with E-state index < -0.39 is 24.6 Å². The van der Waals surface area contributed by atoms with Gasteiger partial charge in [-0.1, -0.05) is 18.2 Å². The SMILES string of the molecule is O=C(OCC(=O)N1CCOC1=O)c1cc2ccccc2o1. The average Bonchev–Trinajstić information content (AvgIpc) is 3.10. The van der Waals surface area contributed by atoms with Crippen LogP contribution in [0.1, 0.15) is 10.6 Å². The topological polar surface area (TPSA) is 86.0 Å². The maximum absolute atomic E-state index is 11.8. The molecule has 1 aromatic carbocycles. The summed E-state index contributed by atoms with van der Waals surface area (Å²) in [7, 11) is 0. The van der Waals surface area contributed by atoms with Gasteiger partial charge >= 0.3 is 12.1 Å². The van der Waals surface area contributed by atoms with Crippen molar-refractivity contribution in [1.29, 1.82) is 0 Å². The number of para-hydroxylation sites is 1. The summed E-state index contributed by atoms with van der Waals surface area (Å²) < 4.78 is 14.8. The van der Waals surface area contributed by atoms with Gasteiger partial charge in [-0.05, 0) is 12.1 Å². The van der Waals surface area contributed by atoms with Crippen LogP contribution in [-0.4, -0.2) is 42.6 Å². The number of imide groups is 1. The van der Waals surface area contributed by atoms with Gasteiger partial charge in [0.15, 0.2) is 6.61 Å². The van der Waals surface area contributed by atoms with Crippen molar-refractivity contribution in [3.8, 4) is 0 Å². The van der Waals surface area contributed by atoms with Crippen molar-refractivity contribution in [2.75, 3.05) is 19.8 Å². The number of carbonyl (C=O) groups excluding carboxylic acids is 3. The first-order chi connectivity index (χ1) is 10.1. The molecule has 0 atom stereocenters. The highest BCUT2D eigenvalue weighted by molar-refractivity contribution is 5.96. The molecule has 0 unspecified atom stereocenters. The summed E-state index contributed by atoms with van der Waals surface area (Å²) in [5, 5.41) is 0.763. The Hall–Kier alpha value is -2.83. The molecule has 1 aromatic heterocycles. The van der Waals surface area contributed by atoms with E-state index in [1.165, 1.54) is 6.07 Å². The van der Waals surface area contributed by atoms with E-state index in [0.717, 1.165) is 10.3 Å². The highest BCUT2D eigenvalue weighted by Gasteiger charge is 2.29. The van der Waals surface area contributed by atoms with Crippen molar-refractivity contribution in [3.63, 3.8) is 0 Å². The fourth-order valence-corrected chi connectivity index (χ4v) is 1.98. The molecule has 108 valence electrons. The molecule has 1 aliphatic heterocycles. The molecule has 3 rings (SSSR count). The highest BCUT2D eigenvalue weighted by atomic mass is 16.6. The van der Waals surface area contributed by atoms with E-state index in [1.807, 2.05) is 6.07 Å². The first-order valence-corrected chi connectivity index (χ1v) is 6.28. The van der Waals surface area contributed by atoms with Gasteiger partial charge in [0.25, 0.3) is 5.91 Å². The van der Waals surface area contributed by atoms with Gasteiger partial charge in [-0.25, -0.2) is 14.5 Å². The first-order valence-electron chi connectivity index (χ1n) is 6.28. The molecule has 0 saturated carbocycles. The maximum Gasteiger partial charge on any atom is 0.416 e. The van der Waals surface area contributed by atoms with Crippen LogP contribution in [0.4, 0.5) is 4.79 Å². The zero-order valence-electron chi connectivity index (χ0n) is 10.9. The van der Waals surface area contributed by atoms with Crippen molar-refractivity contribution in [2.24, 2.45) is 0 Å². The van der Waals surface area contributed by atoms with Gasteiger partial charge in [0.1, 0.15) is 12.2 Å². The smallest absolute Gasteiger partial charge is 0.416 e. The zero-order valence-corrected chi connectivity index (χ0v) is 10.9. The van der Waals surface area contributed by atoms with E-state index in [-0.39, 0.29) is 18.9 Å². The Morgan fingerprint density at radius 2 is 2.10 bits per heavy atom. The van der Waals surface area contributed by atoms with Crippen LogP contribution in [0.3, 0.4) is 0 Å². The Balaban J connectivity index is 1.63. The minimum absolute atomic E-state index is 0.00741. The highest BCUT2D eigenvalue weighted by Crippen LogP contribution is 2.19. The largest absolute Gasteiger partial charge is 0.450 e. The second-order valence-corrected chi connectivity index (χ2v) is 4.38. The number of fused-ring (bicyclic) bond motifs is 1. The van der Waals surface area contributed by atoms with Crippen LogP contribution in [0, 0.1) is 0 Å². The molecule has 7 nitrogen and oxygen atoms in total. The lowest BCUT2D eigenvalue weighted by Crippen LogP contribution is -2.35. The third-order valence-electron chi connectivity index (χ3n) is 3.02. The third-order valence-corrected chi connectivity index (χ3v) is 3.02. The molecule has 7 heteroatoms. The van der Waals surface area contributed by atoms with Crippen LogP contribution in [0.25, 0.3) is 11.0 Å². The Morgan fingerprint density at radius 3 is 2.81 bits per heavy atom. The fourth-order valence-electron chi connectivity index (χ4n) is 1.98. The Bertz CT molecular complexity index is 686. The molecule has 1 aliphatic rings. The average molecular weight is 289 g/mol. The number of hydrogen-bond donors (Lipinski definition) is 0. The minimum atomic E-state index is -0.757. The van der Waals surface area contributed by atoms with E-state index in [9.17, 15) is 14.4 Å². The zero-order chi connectivity index (χ0) is 14.8. The molecule has 0 N–H and O–H groups in total. The number of rotatable bonds is 3. The molecule has 1 fully saturated rings. The summed E-state index contributed by atoms with van der Waals surface area (Å²) >= 11 is 0. The summed E-state index contributed by atoms with van der Waals surface area (Å²) in [6.45, 7) is -0.215. The van der Waals surface area contributed by atoms with Crippen LogP contribution < -0.4 is 0 Å². The predicted molar refractivity (Wildman–Crippen MR) is 69.6 cm³/mol. The van der Waals surface area contributed by atoms with Gasteiger partial charge < -0.3 is 13.9 Å². The predicted octanol–water partition coefficient (Wildman–Crippen LogP) is 1.57. The molecular formula is C14H11NO6. The van der Waals surface area contributed by atoms with Crippen molar-refractivity contribution >= 4 is 28.9 Å². The van der Waals surface area contributed by atoms with E-state index >= 15 is 0 Å². The Kier molecular flexibility index (Phi) is 3.31. The van der Waals surface area contributed by atoms with E-state index in [2.05, 4.69) is 4.74 Å². The van der Waals surface area contributed by atoms with Gasteiger partial charge in [-0.2, -0.15) is 0 Å². The van der Waals surface area contributed by atoms with E-state index in [4.69, 9.17) is 9.15 Å². The van der Waals surface area contributed by atoms with Crippen LogP contribution in [0.15, 0.2) is 34.7 Å². The lowest BCUT2D eigenvalue weighted by atomic mass is 10.2. The van der Waals surface area contributed by atoms with Crippen LogP contribution in [-0.2, 0) is 14.3 Å². The maximum atomic E-state index is 11.8. The second kappa shape index (κ2) is 5.28. The monoisotopic (exact) mass is 289 g/mol. The summed E-state index contributed by atoms with van der Waals surface area (Å²) in [6, 6.07) is 8.64. The molecule has 0 bridgehead atoms. The number of furan rings is 1. The van der Waals surface area contributed by atoms with Crippen LogP contribution >= 0.6 is 0 Å². The summed E-state index contributed by atoms with van der Waals surface area (Å²) in [6.07, 6.45) is -0.722. The Labute approximate surface area is 119 Å². The summed E-state index contributed by atoms with van der Waals surface area (Å²) in [4.78, 5) is 35.6. The lowest BCUT2D eigenvalue weighted by Gasteiger charge is -2.09. The van der Waals surface area contributed by atoms with Crippen molar-refractivity contribution < 1.29 is 28.3 Å². The number of cyclic esters (lactones) is 1. The van der Waals surface area contributed by atoms with Gasteiger partial charge in [-0.3, -0.25) is 4.79 Å². The van der Waals surface area contributed by atoms with Crippen molar-refractivity contribution in [3.05, 3.63) is 36.1 Å². The van der Waals surface area contributed by atoms with Crippen molar-refractivity contribution in [1.82, 2.24) is 4.90 Å². The fraction of sp³-hybridized carbons (Fsp3) is 0.214. The molecule has 2 amide bonds. The molecule has 0 spiro atoms. The molecule has 0 aliphatic carbocycles. The van der Waals surface area contributed by atoms with Gasteiger partial charge in [0.05, 0.1) is 6.54 Å². The van der Waals surface area contributed by atoms with E-state index in [1.54, 1.807) is 18.2 Å². The molecule has 1 saturated heterocycles.